The molecule has 5 nitrogen and oxygen atoms in total. The highest BCUT2D eigenvalue weighted by Crippen LogP contribution is 2.39. The molecule has 0 spiro atoms. The Balaban J connectivity index is 1.99. The Morgan fingerprint density at radius 3 is 2.38 bits per heavy atom. The Morgan fingerprint density at radius 2 is 1.72 bits per heavy atom. The molecule has 0 saturated carbocycles. The fraction of sp³-hybridized carbons (Fsp3) is 0.348. The molecule has 0 unspecified atom stereocenters. The highest BCUT2D eigenvalue weighted by Gasteiger charge is 2.30. The second-order valence-electron chi connectivity index (χ2n) is 8.02. The molecule has 1 fully saturated rings. The first-order valence-electron chi connectivity index (χ1n) is 9.92. The molecule has 0 N–H and O–H groups in total. The second kappa shape index (κ2) is 7.67. The highest BCUT2D eigenvalue weighted by atomic mass is 32.2. The Bertz CT molecular complexity index is 1120. The van der Waals surface area contributed by atoms with Gasteiger partial charge in [-0.1, -0.05) is 32.0 Å². The maximum absolute atomic E-state index is 13.6. The van der Waals surface area contributed by atoms with E-state index in [1.54, 1.807) is 31.4 Å². The number of sulfone groups is 1. The van der Waals surface area contributed by atoms with Crippen molar-refractivity contribution in [3.8, 4) is 5.75 Å². The highest BCUT2D eigenvalue weighted by molar-refractivity contribution is 7.91. The van der Waals surface area contributed by atoms with E-state index in [0.717, 1.165) is 36.1 Å². The maximum Gasteiger partial charge on any atom is 0.210 e. The zero-order valence-electron chi connectivity index (χ0n) is 17.0. The molecule has 3 aromatic rings. The van der Waals surface area contributed by atoms with Crippen molar-refractivity contribution in [2.45, 2.75) is 30.1 Å². The van der Waals surface area contributed by atoms with Crippen LogP contribution in [0.5, 0.6) is 5.75 Å². The van der Waals surface area contributed by atoms with Gasteiger partial charge in [0.1, 0.15) is 10.6 Å². The van der Waals surface area contributed by atoms with Crippen LogP contribution in [0.1, 0.15) is 20.3 Å². The standard InChI is InChI=1S/C23H26N2O3S/c1-16-11-17(2)15-25(14-16)23-20-12-18(28-3)9-10-21(20)24-13-22(23)29(26,27)19-7-5-4-6-8-19/h4-10,12-13,16-17H,11,14-15H2,1-3H3/t16-,17+. The van der Waals surface area contributed by atoms with Gasteiger partial charge in [-0.3, -0.25) is 4.98 Å². The minimum absolute atomic E-state index is 0.255. The molecule has 1 saturated heterocycles. The smallest absolute Gasteiger partial charge is 0.210 e. The molecule has 29 heavy (non-hydrogen) atoms. The zero-order chi connectivity index (χ0) is 20.6. The van der Waals surface area contributed by atoms with E-state index in [1.165, 1.54) is 6.20 Å². The number of nitrogens with zero attached hydrogens (tertiary/aromatic N) is 2. The molecule has 152 valence electrons. The number of hydrogen-bond donors (Lipinski definition) is 0. The number of aromatic nitrogens is 1. The van der Waals surface area contributed by atoms with Gasteiger partial charge in [-0.15, -0.1) is 0 Å². The monoisotopic (exact) mass is 410 g/mol. The van der Waals surface area contributed by atoms with E-state index in [0.29, 0.717) is 17.6 Å². The number of methoxy groups -OCH3 is 1. The van der Waals surface area contributed by atoms with Crippen molar-refractivity contribution >= 4 is 26.4 Å². The average Bonchev–Trinajstić information content (AvgIpc) is 2.72. The van der Waals surface area contributed by atoms with Crippen LogP contribution in [0.25, 0.3) is 10.9 Å². The van der Waals surface area contributed by atoms with Crippen LogP contribution in [0.2, 0.25) is 0 Å². The molecule has 2 heterocycles. The van der Waals surface area contributed by atoms with Gasteiger partial charge in [0, 0.05) is 24.7 Å². The number of ether oxygens (including phenoxy) is 1. The number of rotatable bonds is 4. The molecule has 1 aliphatic rings. The summed E-state index contributed by atoms with van der Waals surface area (Å²) in [6.07, 6.45) is 2.65. The van der Waals surface area contributed by atoms with E-state index in [-0.39, 0.29) is 9.79 Å². The first kappa shape index (κ1) is 19.7. The summed E-state index contributed by atoms with van der Waals surface area (Å²) in [5.41, 5.74) is 1.50. The van der Waals surface area contributed by atoms with E-state index < -0.39 is 9.84 Å². The van der Waals surface area contributed by atoms with Crippen molar-refractivity contribution in [2.24, 2.45) is 11.8 Å². The summed E-state index contributed by atoms with van der Waals surface area (Å²) in [7, 11) is -2.09. The largest absolute Gasteiger partial charge is 0.497 e. The van der Waals surface area contributed by atoms with Gasteiger partial charge in [-0.05, 0) is 48.6 Å². The summed E-state index contributed by atoms with van der Waals surface area (Å²) in [5, 5.41) is 0.808. The van der Waals surface area contributed by atoms with Crippen molar-refractivity contribution in [1.82, 2.24) is 4.98 Å². The third-order valence-corrected chi connectivity index (χ3v) is 7.31. The molecular weight excluding hydrogens is 384 g/mol. The number of fused-ring (bicyclic) bond motifs is 1. The summed E-state index contributed by atoms with van der Waals surface area (Å²) < 4.78 is 32.5. The molecular formula is C23H26N2O3S. The van der Waals surface area contributed by atoms with E-state index in [9.17, 15) is 8.42 Å². The van der Waals surface area contributed by atoms with Gasteiger partial charge in [0.15, 0.2) is 0 Å². The Kier molecular flexibility index (Phi) is 5.21. The van der Waals surface area contributed by atoms with Gasteiger partial charge in [-0.25, -0.2) is 8.42 Å². The van der Waals surface area contributed by atoms with E-state index in [1.807, 2.05) is 24.3 Å². The molecule has 0 bridgehead atoms. The lowest BCUT2D eigenvalue weighted by Crippen LogP contribution is -2.39. The zero-order valence-corrected chi connectivity index (χ0v) is 17.8. The number of hydrogen-bond acceptors (Lipinski definition) is 5. The molecule has 0 aliphatic carbocycles. The lowest BCUT2D eigenvalue weighted by molar-refractivity contribution is 0.356. The molecule has 6 heteroatoms. The molecule has 4 rings (SSSR count). The topological polar surface area (TPSA) is 59.5 Å². The van der Waals surface area contributed by atoms with Crippen LogP contribution in [0.4, 0.5) is 5.69 Å². The minimum Gasteiger partial charge on any atom is -0.497 e. The fourth-order valence-corrected chi connectivity index (χ4v) is 5.82. The van der Waals surface area contributed by atoms with Gasteiger partial charge in [0.05, 0.1) is 23.2 Å². The minimum atomic E-state index is -3.71. The molecule has 1 aliphatic heterocycles. The van der Waals surface area contributed by atoms with Crippen molar-refractivity contribution in [2.75, 3.05) is 25.1 Å². The number of piperidine rings is 1. The number of benzene rings is 2. The summed E-state index contributed by atoms with van der Waals surface area (Å²) in [6, 6.07) is 14.2. The van der Waals surface area contributed by atoms with Gasteiger partial charge in [0.2, 0.25) is 9.84 Å². The Labute approximate surface area is 172 Å². The second-order valence-corrected chi connectivity index (χ2v) is 9.94. The van der Waals surface area contributed by atoms with Crippen LogP contribution < -0.4 is 9.64 Å². The predicted octanol–water partition coefficient (Wildman–Crippen LogP) is 4.56. The first-order chi connectivity index (χ1) is 13.9. The lowest BCUT2D eigenvalue weighted by atomic mass is 9.91. The molecule has 0 radical (unpaired) electrons. The van der Waals surface area contributed by atoms with Gasteiger partial charge < -0.3 is 9.64 Å². The van der Waals surface area contributed by atoms with E-state index in [2.05, 4.69) is 23.7 Å². The van der Waals surface area contributed by atoms with E-state index in [4.69, 9.17) is 4.74 Å². The molecule has 2 atom stereocenters. The van der Waals surface area contributed by atoms with Crippen molar-refractivity contribution < 1.29 is 13.2 Å². The van der Waals surface area contributed by atoms with E-state index >= 15 is 0 Å². The maximum atomic E-state index is 13.6. The van der Waals surface area contributed by atoms with Crippen LogP contribution in [-0.4, -0.2) is 33.6 Å². The molecule has 0 amide bonds. The van der Waals surface area contributed by atoms with Crippen LogP contribution in [0, 0.1) is 11.8 Å². The summed E-state index contributed by atoms with van der Waals surface area (Å²) >= 11 is 0. The normalized spacial score (nSPS) is 20.0. The SMILES string of the molecule is COc1ccc2ncc(S(=O)(=O)c3ccccc3)c(N3C[C@H](C)C[C@H](C)C3)c2c1. The molecule has 2 aromatic carbocycles. The number of pyridine rings is 1. The van der Waals surface area contributed by atoms with Gasteiger partial charge in [-0.2, -0.15) is 0 Å². The van der Waals surface area contributed by atoms with Crippen LogP contribution in [0.3, 0.4) is 0 Å². The van der Waals surface area contributed by atoms with Crippen LogP contribution in [-0.2, 0) is 9.84 Å². The van der Waals surface area contributed by atoms with Crippen LogP contribution in [0.15, 0.2) is 64.5 Å². The summed E-state index contributed by atoms with van der Waals surface area (Å²) in [4.78, 5) is 7.24. The van der Waals surface area contributed by atoms with Gasteiger partial charge in [0.25, 0.3) is 0 Å². The third-order valence-electron chi connectivity index (χ3n) is 5.54. The summed E-state index contributed by atoms with van der Waals surface area (Å²) in [5.74, 6) is 1.66. The molecule has 1 aromatic heterocycles. The average molecular weight is 411 g/mol. The lowest BCUT2D eigenvalue weighted by Gasteiger charge is -2.38. The Morgan fingerprint density at radius 1 is 1.03 bits per heavy atom. The van der Waals surface area contributed by atoms with Crippen molar-refractivity contribution in [3.63, 3.8) is 0 Å². The fourth-order valence-electron chi connectivity index (χ4n) is 4.36. The van der Waals surface area contributed by atoms with Gasteiger partial charge >= 0.3 is 0 Å². The quantitative estimate of drug-likeness (QED) is 0.631. The third kappa shape index (κ3) is 3.69. The van der Waals surface area contributed by atoms with Crippen molar-refractivity contribution in [1.29, 1.82) is 0 Å². The number of anilines is 1. The predicted molar refractivity (Wildman–Crippen MR) is 115 cm³/mol. The summed E-state index contributed by atoms with van der Waals surface area (Å²) in [6.45, 7) is 6.08. The Hall–Kier alpha value is -2.60. The first-order valence-corrected chi connectivity index (χ1v) is 11.4. The van der Waals surface area contributed by atoms with Crippen molar-refractivity contribution in [3.05, 3.63) is 54.7 Å². The van der Waals surface area contributed by atoms with Crippen LogP contribution >= 0.6 is 0 Å².